The standard InChI is InChI=1S/C17H23NO4S/c1-4-6-15-16(11-12-17(19)22-5-2)18(15)23(20,21)14-9-7-13(3)8-10-14/h7-12,15-16H,4-6H2,1-3H3/b12-11+/t15-,16-,18?/m1/s1. The number of ether oxygens (including phenoxy) is 1. The van der Waals surface area contributed by atoms with Crippen molar-refractivity contribution < 1.29 is 17.9 Å². The molecule has 0 saturated carbocycles. The van der Waals surface area contributed by atoms with Gasteiger partial charge >= 0.3 is 5.97 Å². The molecule has 1 aliphatic rings. The minimum Gasteiger partial charge on any atom is -0.463 e. The van der Waals surface area contributed by atoms with Gasteiger partial charge in [-0.2, -0.15) is 4.31 Å². The molecule has 5 nitrogen and oxygen atoms in total. The number of nitrogens with zero attached hydrogens (tertiary/aromatic N) is 1. The largest absolute Gasteiger partial charge is 0.463 e. The third kappa shape index (κ3) is 4.00. The van der Waals surface area contributed by atoms with Crippen molar-refractivity contribution in [1.29, 1.82) is 0 Å². The van der Waals surface area contributed by atoms with Gasteiger partial charge in [0.2, 0.25) is 10.0 Å². The molecular formula is C17H23NO4S. The average Bonchev–Trinajstić information content (AvgIpc) is 3.20. The molecule has 0 spiro atoms. The highest BCUT2D eigenvalue weighted by Crippen LogP contribution is 2.39. The van der Waals surface area contributed by atoms with Gasteiger partial charge in [0.15, 0.2) is 0 Å². The van der Waals surface area contributed by atoms with Crippen LogP contribution in [-0.2, 0) is 19.6 Å². The van der Waals surface area contributed by atoms with Crippen LogP contribution in [0.3, 0.4) is 0 Å². The van der Waals surface area contributed by atoms with E-state index in [1.165, 1.54) is 10.4 Å². The van der Waals surface area contributed by atoms with Crippen LogP contribution in [-0.4, -0.2) is 37.4 Å². The predicted molar refractivity (Wildman–Crippen MR) is 88.5 cm³/mol. The number of carbonyl (C=O) groups excluding carboxylic acids is 1. The van der Waals surface area contributed by atoms with E-state index in [1.807, 2.05) is 13.8 Å². The maximum atomic E-state index is 12.7. The van der Waals surface area contributed by atoms with Gasteiger partial charge in [-0.25, -0.2) is 13.2 Å². The summed E-state index contributed by atoms with van der Waals surface area (Å²) in [5.41, 5.74) is 1.01. The monoisotopic (exact) mass is 337 g/mol. The van der Waals surface area contributed by atoms with E-state index in [0.717, 1.165) is 18.4 Å². The highest BCUT2D eigenvalue weighted by atomic mass is 32.2. The Hall–Kier alpha value is -1.66. The van der Waals surface area contributed by atoms with Crippen LogP contribution in [0.5, 0.6) is 0 Å². The molecule has 0 aliphatic carbocycles. The fraction of sp³-hybridized carbons (Fsp3) is 0.471. The van der Waals surface area contributed by atoms with Crippen LogP contribution in [0.1, 0.15) is 32.3 Å². The lowest BCUT2D eigenvalue weighted by Gasteiger charge is -2.06. The van der Waals surface area contributed by atoms with Crippen LogP contribution >= 0.6 is 0 Å². The third-order valence-corrected chi connectivity index (χ3v) is 5.76. The normalized spacial score (nSPS) is 23.9. The maximum Gasteiger partial charge on any atom is 0.330 e. The van der Waals surface area contributed by atoms with E-state index in [4.69, 9.17) is 4.74 Å². The van der Waals surface area contributed by atoms with E-state index in [9.17, 15) is 13.2 Å². The molecule has 1 saturated heterocycles. The Morgan fingerprint density at radius 1 is 1.26 bits per heavy atom. The van der Waals surface area contributed by atoms with Crippen molar-refractivity contribution in [3.63, 3.8) is 0 Å². The number of carbonyl (C=O) groups is 1. The van der Waals surface area contributed by atoms with Gasteiger partial charge in [0.25, 0.3) is 0 Å². The smallest absolute Gasteiger partial charge is 0.330 e. The molecule has 1 aromatic carbocycles. The second-order valence-corrected chi connectivity index (χ2v) is 7.45. The van der Waals surface area contributed by atoms with Gasteiger partial charge < -0.3 is 4.74 Å². The zero-order valence-corrected chi connectivity index (χ0v) is 14.5. The summed E-state index contributed by atoms with van der Waals surface area (Å²) in [5, 5.41) is 0. The molecule has 1 aromatic rings. The average molecular weight is 337 g/mol. The molecule has 1 heterocycles. The Kier molecular flexibility index (Phi) is 5.59. The topological polar surface area (TPSA) is 63.5 Å². The molecule has 23 heavy (non-hydrogen) atoms. The van der Waals surface area contributed by atoms with Crippen molar-refractivity contribution in [1.82, 2.24) is 4.31 Å². The molecule has 0 radical (unpaired) electrons. The molecule has 3 atom stereocenters. The second kappa shape index (κ2) is 7.27. The minimum atomic E-state index is -3.53. The zero-order valence-electron chi connectivity index (χ0n) is 13.7. The second-order valence-electron chi connectivity index (χ2n) is 5.61. The Morgan fingerprint density at radius 3 is 2.48 bits per heavy atom. The van der Waals surface area contributed by atoms with E-state index >= 15 is 0 Å². The number of hydrogen-bond acceptors (Lipinski definition) is 4. The molecular weight excluding hydrogens is 314 g/mol. The van der Waals surface area contributed by atoms with Gasteiger partial charge in [-0.3, -0.25) is 0 Å². The molecule has 1 fully saturated rings. The molecule has 0 bridgehead atoms. The van der Waals surface area contributed by atoms with Crippen LogP contribution in [0, 0.1) is 6.92 Å². The quantitative estimate of drug-likeness (QED) is 0.436. The van der Waals surface area contributed by atoms with E-state index in [-0.39, 0.29) is 17.0 Å². The van der Waals surface area contributed by atoms with Crippen LogP contribution in [0.15, 0.2) is 41.3 Å². The zero-order chi connectivity index (χ0) is 17.0. The van der Waals surface area contributed by atoms with Crippen molar-refractivity contribution >= 4 is 16.0 Å². The maximum absolute atomic E-state index is 12.7. The molecule has 0 amide bonds. The minimum absolute atomic E-state index is 0.0861. The molecule has 6 heteroatoms. The molecule has 0 N–H and O–H groups in total. The first kappa shape index (κ1) is 17.7. The lowest BCUT2D eigenvalue weighted by atomic mass is 10.2. The SMILES string of the molecule is CCC[C@@H]1[C@@H](/C=C/C(=O)OCC)N1S(=O)(=O)c1ccc(C)cc1. The van der Waals surface area contributed by atoms with Gasteiger partial charge in [-0.15, -0.1) is 0 Å². The highest BCUT2D eigenvalue weighted by molar-refractivity contribution is 7.89. The Balaban J connectivity index is 2.19. The lowest BCUT2D eigenvalue weighted by molar-refractivity contribution is -0.137. The van der Waals surface area contributed by atoms with Crippen molar-refractivity contribution in [2.24, 2.45) is 0 Å². The van der Waals surface area contributed by atoms with Crippen molar-refractivity contribution in [3.05, 3.63) is 42.0 Å². The Morgan fingerprint density at radius 2 is 1.91 bits per heavy atom. The van der Waals surface area contributed by atoms with Gasteiger partial charge in [-0.05, 0) is 32.4 Å². The Bertz CT molecular complexity index is 679. The van der Waals surface area contributed by atoms with E-state index < -0.39 is 16.0 Å². The first-order chi connectivity index (χ1) is 10.9. The summed E-state index contributed by atoms with van der Waals surface area (Å²) in [4.78, 5) is 11.7. The van der Waals surface area contributed by atoms with E-state index in [1.54, 1.807) is 37.3 Å². The molecule has 2 rings (SSSR count). The van der Waals surface area contributed by atoms with Gasteiger partial charge in [0, 0.05) is 12.1 Å². The van der Waals surface area contributed by atoms with Crippen molar-refractivity contribution in [2.75, 3.05) is 6.61 Å². The van der Waals surface area contributed by atoms with Crippen LogP contribution in [0.4, 0.5) is 0 Å². The summed E-state index contributed by atoms with van der Waals surface area (Å²) in [7, 11) is -3.53. The number of sulfonamides is 1. The summed E-state index contributed by atoms with van der Waals surface area (Å²) >= 11 is 0. The number of hydrogen-bond donors (Lipinski definition) is 0. The van der Waals surface area contributed by atoms with Crippen LogP contribution < -0.4 is 0 Å². The summed E-state index contributed by atoms with van der Waals surface area (Å²) < 4.78 is 31.8. The Labute approximate surface area is 138 Å². The fourth-order valence-corrected chi connectivity index (χ4v) is 4.41. The summed E-state index contributed by atoms with van der Waals surface area (Å²) in [6, 6.07) is 6.46. The number of benzene rings is 1. The highest BCUT2D eigenvalue weighted by Gasteiger charge is 2.53. The van der Waals surface area contributed by atoms with E-state index in [2.05, 4.69) is 0 Å². The summed E-state index contributed by atoms with van der Waals surface area (Å²) in [6.45, 7) is 5.97. The van der Waals surface area contributed by atoms with E-state index in [0.29, 0.717) is 6.61 Å². The first-order valence-electron chi connectivity index (χ1n) is 7.87. The summed E-state index contributed by atoms with van der Waals surface area (Å²) in [5.74, 6) is -0.442. The van der Waals surface area contributed by atoms with Crippen LogP contribution in [0.25, 0.3) is 0 Å². The van der Waals surface area contributed by atoms with Crippen LogP contribution in [0.2, 0.25) is 0 Å². The number of esters is 1. The van der Waals surface area contributed by atoms with Gasteiger partial charge in [0.1, 0.15) is 0 Å². The van der Waals surface area contributed by atoms with Gasteiger partial charge in [-0.1, -0.05) is 37.1 Å². The number of aryl methyl sites for hydroxylation is 1. The van der Waals surface area contributed by atoms with Crippen molar-refractivity contribution in [2.45, 2.75) is 50.6 Å². The first-order valence-corrected chi connectivity index (χ1v) is 9.31. The van der Waals surface area contributed by atoms with Crippen molar-refractivity contribution in [3.8, 4) is 0 Å². The predicted octanol–water partition coefficient (Wildman–Crippen LogP) is 2.66. The molecule has 1 unspecified atom stereocenters. The summed E-state index contributed by atoms with van der Waals surface area (Å²) in [6.07, 6.45) is 4.60. The molecule has 1 aliphatic heterocycles. The van der Waals surface area contributed by atoms with Gasteiger partial charge in [0.05, 0.1) is 17.5 Å². The molecule has 126 valence electrons. The molecule has 0 aromatic heterocycles. The number of rotatable bonds is 7. The third-order valence-electron chi connectivity index (χ3n) is 3.82. The lowest BCUT2D eigenvalue weighted by Crippen LogP contribution is -2.15. The fourth-order valence-electron chi connectivity index (χ4n) is 2.62.